The average molecular weight is 259 g/mol. The van der Waals surface area contributed by atoms with E-state index in [1.54, 1.807) is 13.8 Å². The number of nitrogens with zero attached hydrogens (tertiary/aromatic N) is 2. The molecule has 1 atom stereocenters. The number of aromatic nitrogens is 3. The van der Waals surface area contributed by atoms with Gasteiger partial charge in [-0.15, -0.1) is 5.10 Å². The first kappa shape index (κ1) is 13.8. The van der Waals surface area contributed by atoms with Crippen LogP contribution in [0.1, 0.15) is 20.8 Å². The molecule has 0 aliphatic carbocycles. The van der Waals surface area contributed by atoms with Crippen molar-refractivity contribution in [3.8, 4) is 0 Å². The first-order chi connectivity index (χ1) is 8.10. The molecular formula is C10H17N3O3S. The Bertz CT molecular complexity index is 427. The Morgan fingerprint density at radius 2 is 2.29 bits per heavy atom. The normalized spacial score (nSPS) is 12.4. The summed E-state index contributed by atoms with van der Waals surface area (Å²) in [4.78, 5) is 22.7. The van der Waals surface area contributed by atoms with Crippen LogP contribution in [0.2, 0.25) is 0 Å². The molecule has 0 saturated heterocycles. The molecule has 6 nitrogen and oxygen atoms in total. The van der Waals surface area contributed by atoms with Gasteiger partial charge in [0.05, 0.1) is 12.5 Å². The van der Waals surface area contributed by atoms with Crippen molar-refractivity contribution in [3.63, 3.8) is 0 Å². The summed E-state index contributed by atoms with van der Waals surface area (Å²) in [5, 5.41) is 6.89. The molecule has 0 spiro atoms. The molecule has 1 aromatic heterocycles. The minimum Gasteiger partial charge on any atom is -0.466 e. The van der Waals surface area contributed by atoms with Crippen LogP contribution in [0.5, 0.6) is 0 Å². The number of rotatable bonds is 6. The van der Waals surface area contributed by atoms with Gasteiger partial charge < -0.3 is 4.74 Å². The van der Waals surface area contributed by atoms with Crippen LogP contribution in [0.25, 0.3) is 0 Å². The van der Waals surface area contributed by atoms with Crippen LogP contribution in [0.4, 0.5) is 0 Å². The number of hydrogen-bond acceptors (Lipinski definition) is 5. The smallest absolute Gasteiger partial charge is 0.343 e. The zero-order chi connectivity index (χ0) is 12.8. The molecule has 7 heteroatoms. The zero-order valence-corrected chi connectivity index (χ0v) is 11.0. The van der Waals surface area contributed by atoms with Crippen LogP contribution in [0.3, 0.4) is 0 Å². The van der Waals surface area contributed by atoms with Gasteiger partial charge in [-0.3, -0.25) is 9.36 Å². The molecule has 0 amide bonds. The first-order valence-electron chi connectivity index (χ1n) is 5.54. The Kier molecular flexibility index (Phi) is 5.27. The largest absolute Gasteiger partial charge is 0.466 e. The molecule has 1 aromatic rings. The number of carbonyl (C=O) groups excluding carboxylic acids is 1. The van der Waals surface area contributed by atoms with E-state index in [4.69, 9.17) is 4.74 Å². The number of carbonyl (C=O) groups is 1. The maximum Gasteiger partial charge on any atom is 0.343 e. The van der Waals surface area contributed by atoms with Crippen LogP contribution >= 0.6 is 11.8 Å². The first-order valence-corrected chi connectivity index (χ1v) is 6.53. The second-order valence-electron chi connectivity index (χ2n) is 3.52. The van der Waals surface area contributed by atoms with Gasteiger partial charge in [0, 0.05) is 12.3 Å². The lowest BCUT2D eigenvalue weighted by molar-refractivity contribution is -0.146. The molecule has 0 saturated carbocycles. The monoisotopic (exact) mass is 259 g/mol. The minimum absolute atomic E-state index is 0.211. The summed E-state index contributed by atoms with van der Waals surface area (Å²) in [5.74, 6) is 0.112. The van der Waals surface area contributed by atoms with Crippen LogP contribution in [-0.4, -0.2) is 33.1 Å². The lowest BCUT2D eigenvalue weighted by Crippen LogP contribution is -2.18. The molecule has 0 radical (unpaired) electrons. The fraction of sp³-hybridized carbons (Fsp3) is 0.700. The van der Waals surface area contributed by atoms with E-state index in [1.807, 2.05) is 6.92 Å². The van der Waals surface area contributed by atoms with Crippen molar-refractivity contribution in [2.24, 2.45) is 5.92 Å². The van der Waals surface area contributed by atoms with Crippen molar-refractivity contribution >= 4 is 17.7 Å². The fourth-order valence-electron chi connectivity index (χ4n) is 1.24. The zero-order valence-electron chi connectivity index (χ0n) is 10.2. The molecule has 1 N–H and O–H groups in total. The van der Waals surface area contributed by atoms with E-state index in [1.165, 1.54) is 16.3 Å². The number of H-pyrrole nitrogens is 1. The molecule has 1 rings (SSSR count). The number of hydrogen-bond donors (Lipinski definition) is 1. The Balaban J connectivity index is 2.55. The number of esters is 1. The molecule has 1 unspecified atom stereocenters. The second kappa shape index (κ2) is 6.48. The Morgan fingerprint density at radius 1 is 1.59 bits per heavy atom. The standard InChI is InChI=1S/C10H17N3O3S/c1-4-13-9(15)11-12-10(13)17-6-7(3)8(14)16-5-2/h7H,4-6H2,1-3H3,(H,11,15). The quantitative estimate of drug-likeness (QED) is 0.606. The molecule has 0 aliphatic heterocycles. The predicted molar refractivity (Wildman–Crippen MR) is 65.0 cm³/mol. The van der Waals surface area contributed by atoms with Crippen LogP contribution < -0.4 is 5.69 Å². The van der Waals surface area contributed by atoms with Gasteiger partial charge in [-0.1, -0.05) is 18.7 Å². The molecule has 96 valence electrons. The molecule has 0 fully saturated rings. The summed E-state index contributed by atoms with van der Waals surface area (Å²) in [6.07, 6.45) is 0. The summed E-state index contributed by atoms with van der Waals surface area (Å²) in [6, 6.07) is 0. The van der Waals surface area contributed by atoms with Crippen molar-refractivity contribution in [3.05, 3.63) is 10.5 Å². The van der Waals surface area contributed by atoms with E-state index in [-0.39, 0.29) is 17.6 Å². The van der Waals surface area contributed by atoms with Crippen molar-refractivity contribution < 1.29 is 9.53 Å². The van der Waals surface area contributed by atoms with Crippen molar-refractivity contribution in [2.75, 3.05) is 12.4 Å². The highest BCUT2D eigenvalue weighted by molar-refractivity contribution is 7.99. The summed E-state index contributed by atoms with van der Waals surface area (Å²) < 4.78 is 6.44. The predicted octanol–water partition coefficient (Wildman–Crippen LogP) is 0.883. The summed E-state index contributed by atoms with van der Waals surface area (Å²) in [5.41, 5.74) is -0.223. The van der Waals surface area contributed by atoms with Gasteiger partial charge in [0.25, 0.3) is 0 Å². The number of nitrogens with one attached hydrogen (secondary N) is 1. The molecular weight excluding hydrogens is 242 g/mol. The maximum atomic E-state index is 11.4. The number of thioether (sulfide) groups is 1. The maximum absolute atomic E-state index is 11.4. The van der Waals surface area contributed by atoms with E-state index >= 15 is 0 Å². The molecule has 0 aromatic carbocycles. The molecule has 0 bridgehead atoms. The average Bonchev–Trinajstić information content (AvgIpc) is 2.67. The van der Waals surface area contributed by atoms with Crippen LogP contribution in [0, 0.1) is 5.92 Å². The summed E-state index contributed by atoms with van der Waals surface area (Å²) >= 11 is 1.37. The van der Waals surface area contributed by atoms with Gasteiger partial charge in [0.15, 0.2) is 5.16 Å². The Morgan fingerprint density at radius 3 is 2.88 bits per heavy atom. The third kappa shape index (κ3) is 3.62. The third-order valence-corrected chi connectivity index (χ3v) is 3.43. The molecule has 0 aliphatic rings. The Hall–Kier alpha value is -1.24. The topological polar surface area (TPSA) is 77.0 Å². The van der Waals surface area contributed by atoms with Crippen molar-refractivity contribution in [1.82, 2.24) is 14.8 Å². The van der Waals surface area contributed by atoms with Crippen molar-refractivity contribution in [2.45, 2.75) is 32.5 Å². The van der Waals surface area contributed by atoms with Gasteiger partial charge in [-0.2, -0.15) is 0 Å². The lowest BCUT2D eigenvalue weighted by atomic mass is 10.2. The van der Waals surface area contributed by atoms with Gasteiger partial charge in [-0.25, -0.2) is 9.89 Å². The highest BCUT2D eigenvalue weighted by Crippen LogP contribution is 2.17. The Labute approximate surface area is 104 Å². The lowest BCUT2D eigenvalue weighted by Gasteiger charge is -2.09. The van der Waals surface area contributed by atoms with Gasteiger partial charge in [0.2, 0.25) is 0 Å². The van der Waals surface area contributed by atoms with Crippen LogP contribution in [0.15, 0.2) is 9.95 Å². The highest BCUT2D eigenvalue weighted by atomic mass is 32.2. The molecule has 17 heavy (non-hydrogen) atoms. The van der Waals surface area contributed by atoms with E-state index in [0.717, 1.165) is 0 Å². The number of ether oxygens (including phenoxy) is 1. The van der Waals surface area contributed by atoms with Gasteiger partial charge in [-0.05, 0) is 13.8 Å². The second-order valence-corrected chi connectivity index (χ2v) is 4.51. The number of aromatic amines is 1. The van der Waals surface area contributed by atoms with E-state index < -0.39 is 0 Å². The highest BCUT2D eigenvalue weighted by Gasteiger charge is 2.16. The van der Waals surface area contributed by atoms with Gasteiger partial charge >= 0.3 is 11.7 Å². The van der Waals surface area contributed by atoms with E-state index in [9.17, 15) is 9.59 Å². The van der Waals surface area contributed by atoms with Crippen LogP contribution in [-0.2, 0) is 16.1 Å². The summed E-state index contributed by atoms with van der Waals surface area (Å²) in [7, 11) is 0. The SMILES string of the molecule is CCOC(=O)C(C)CSc1n[nH]c(=O)n1CC. The van der Waals surface area contributed by atoms with Crippen molar-refractivity contribution in [1.29, 1.82) is 0 Å². The molecule has 1 heterocycles. The van der Waals surface area contributed by atoms with E-state index in [0.29, 0.717) is 24.1 Å². The summed E-state index contributed by atoms with van der Waals surface area (Å²) in [6.45, 7) is 6.39. The van der Waals surface area contributed by atoms with Gasteiger partial charge in [0.1, 0.15) is 0 Å². The fourth-order valence-corrected chi connectivity index (χ4v) is 2.26. The minimum atomic E-state index is -0.223. The van der Waals surface area contributed by atoms with E-state index in [2.05, 4.69) is 10.2 Å². The third-order valence-electron chi connectivity index (χ3n) is 2.19.